The van der Waals surface area contributed by atoms with Gasteiger partial charge in [-0.25, -0.2) is 0 Å². The van der Waals surface area contributed by atoms with Crippen molar-refractivity contribution in [2.75, 3.05) is 0 Å². The third-order valence-corrected chi connectivity index (χ3v) is 2.43. The third kappa shape index (κ3) is 2.91. The Hall–Kier alpha value is -1.24. The van der Waals surface area contributed by atoms with E-state index < -0.39 is 0 Å². The van der Waals surface area contributed by atoms with Gasteiger partial charge in [-0.15, -0.1) is 0 Å². The average Bonchev–Trinajstić information content (AvgIpc) is 2.18. The van der Waals surface area contributed by atoms with Gasteiger partial charge in [-0.3, -0.25) is 0 Å². The molecule has 0 unspecified atom stereocenters. The first-order valence-corrected chi connectivity index (χ1v) is 5.12. The Kier molecular flexibility index (Phi) is 3.75. The maximum Gasteiger partial charge on any atom is 0.0343 e. The summed E-state index contributed by atoms with van der Waals surface area (Å²) in [6.07, 6.45) is 8.47. The lowest BCUT2D eigenvalue weighted by Crippen LogP contribution is -2.12. The third-order valence-electron chi connectivity index (χ3n) is 2.43. The molecule has 0 aromatic heterocycles. The molecule has 0 fully saturated rings. The molecule has 0 saturated carbocycles. The van der Waals surface area contributed by atoms with E-state index in [-0.39, 0.29) is 0 Å². The molecule has 0 amide bonds. The molecule has 0 saturated heterocycles. The zero-order valence-electron chi connectivity index (χ0n) is 9.14. The Morgan fingerprint density at radius 2 is 2.29 bits per heavy atom. The summed E-state index contributed by atoms with van der Waals surface area (Å²) in [5.41, 5.74) is 3.52. The highest BCUT2D eigenvalue weighted by Gasteiger charge is 2.08. The standard InChI is InChI=1S/C13H19N/c1-5-11(4)14-13-8-6-7-12(9-13)10(2)3/h5,8-10,14H,1,4,6-7H2,2-3H3. The molecule has 1 rings (SSSR count). The fraction of sp³-hybridized carbons (Fsp3) is 0.385. The molecule has 0 aliphatic heterocycles. The van der Waals surface area contributed by atoms with Crippen molar-refractivity contribution in [1.82, 2.24) is 5.32 Å². The van der Waals surface area contributed by atoms with Gasteiger partial charge in [-0.2, -0.15) is 0 Å². The van der Waals surface area contributed by atoms with E-state index in [0.29, 0.717) is 5.92 Å². The Morgan fingerprint density at radius 1 is 1.57 bits per heavy atom. The number of hydrogen-bond donors (Lipinski definition) is 1. The van der Waals surface area contributed by atoms with Gasteiger partial charge in [0.15, 0.2) is 0 Å². The fourth-order valence-electron chi connectivity index (χ4n) is 1.50. The smallest absolute Gasteiger partial charge is 0.0343 e. The van der Waals surface area contributed by atoms with Crippen molar-refractivity contribution in [2.45, 2.75) is 26.7 Å². The van der Waals surface area contributed by atoms with Crippen LogP contribution in [0.2, 0.25) is 0 Å². The highest BCUT2D eigenvalue weighted by atomic mass is 14.9. The van der Waals surface area contributed by atoms with Crippen LogP contribution in [-0.2, 0) is 0 Å². The summed E-state index contributed by atoms with van der Waals surface area (Å²) in [6.45, 7) is 12.0. The van der Waals surface area contributed by atoms with Crippen LogP contribution in [0.3, 0.4) is 0 Å². The van der Waals surface area contributed by atoms with Gasteiger partial charge in [0.1, 0.15) is 0 Å². The number of hydrogen-bond acceptors (Lipinski definition) is 1. The predicted octanol–water partition coefficient (Wildman–Crippen LogP) is 3.54. The summed E-state index contributed by atoms with van der Waals surface area (Å²) in [4.78, 5) is 0. The predicted molar refractivity (Wildman–Crippen MR) is 62.7 cm³/mol. The zero-order chi connectivity index (χ0) is 10.6. The molecule has 1 N–H and O–H groups in total. The highest BCUT2D eigenvalue weighted by molar-refractivity contribution is 5.31. The molecular formula is C13H19N. The average molecular weight is 189 g/mol. The summed E-state index contributed by atoms with van der Waals surface area (Å²) < 4.78 is 0. The lowest BCUT2D eigenvalue weighted by molar-refractivity contribution is 0.701. The van der Waals surface area contributed by atoms with Crippen LogP contribution in [0, 0.1) is 5.92 Å². The molecular weight excluding hydrogens is 170 g/mol. The maximum absolute atomic E-state index is 3.84. The molecule has 0 aromatic carbocycles. The Labute approximate surface area is 86.9 Å². The van der Waals surface area contributed by atoms with Gasteiger partial charge < -0.3 is 5.32 Å². The van der Waals surface area contributed by atoms with Gasteiger partial charge in [0.05, 0.1) is 0 Å². The van der Waals surface area contributed by atoms with E-state index >= 15 is 0 Å². The van der Waals surface area contributed by atoms with Crippen LogP contribution in [0.4, 0.5) is 0 Å². The van der Waals surface area contributed by atoms with Gasteiger partial charge in [0.25, 0.3) is 0 Å². The topological polar surface area (TPSA) is 12.0 Å². The number of rotatable bonds is 4. The van der Waals surface area contributed by atoms with Crippen molar-refractivity contribution in [3.8, 4) is 0 Å². The van der Waals surface area contributed by atoms with Crippen LogP contribution in [0.15, 0.2) is 48.4 Å². The van der Waals surface area contributed by atoms with Gasteiger partial charge >= 0.3 is 0 Å². The maximum atomic E-state index is 3.84. The second kappa shape index (κ2) is 4.85. The minimum atomic E-state index is 0.637. The molecule has 0 aromatic rings. The fourth-order valence-corrected chi connectivity index (χ4v) is 1.50. The van der Waals surface area contributed by atoms with Gasteiger partial charge in [0.2, 0.25) is 0 Å². The van der Waals surface area contributed by atoms with Crippen molar-refractivity contribution < 1.29 is 0 Å². The first-order valence-electron chi connectivity index (χ1n) is 5.12. The van der Waals surface area contributed by atoms with Crippen molar-refractivity contribution in [1.29, 1.82) is 0 Å². The molecule has 1 aliphatic carbocycles. The Morgan fingerprint density at radius 3 is 2.86 bits per heavy atom. The molecule has 1 nitrogen and oxygen atoms in total. The number of allylic oxidation sites excluding steroid dienone is 4. The molecule has 0 bridgehead atoms. The highest BCUT2D eigenvalue weighted by Crippen LogP contribution is 2.22. The van der Waals surface area contributed by atoms with E-state index in [1.165, 1.54) is 12.0 Å². The summed E-state index contributed by atoms with van der Waals surface area (Å²) in [7, 11) is 0. The lowest BCUT2D eigenvalue weighted by atomic mass is 9.93. The van der Waals surface area contributed by atoms with Crippen LogP contribution in [0.1, 0.15) is 26.7 Å². The summed E-state index contributed by atoms with van der Waals surface area (Å²) >= 11 is 0. The normalized spacial score (nSPS) is 15.9. The molecule has 1 aliphatic rings. The number of nitrogens with one attached hydrogen (secondary N) is 1. The van der Waals surface area contributed by atoms with E-state index in [9.17, 15) is 0 Å². The quantitative estimate of drug-likeness (QED) is 0.667. The van der Waals surface area contributed by atoms with Crippen molar-refractivity contribution >= 4 is 0 Å². The van der Waals surface area contributed by atoms with E-state index in [1.54, 1.807) is 6.08 Å². The van der Waals surface area contributed by atoms with E-state index in [2.05, 4.69) is 44.5 Å². The van der Waals surface area contributed by atoms with Crippen LogP contribution in [0.5, 0.6) is 0 Å². The molecule has 0 radical (unpaired) electrons. The van der Waals surface area contributed by atoms with Gasteiger partial charge in [-0.05, 0) is 30.9 Å². The minimum absolute atomic E-state index is 0.637. The summed E-state index contributed by atoms with van der Waals surface area (Å²) in [6, 6.07) is 0. The van der Waals surface area contributed by atoms with Crippen LogP contribution >= 0.6 is 0 Å². The molecule has 1 heteroatoms. The largest absolute Gasteiger partial charge is 0.356 e. The Bertz CT molecular complexity index is 292. The second-order valence-electron chi connectivity index (χ2n) is 3.93. The van der Waals surface area contributed by atoms with E-state index in [1.807, 2.05) is 0 Å². The van der Waals surface area contributed by atoms with Crippen LogP contribution in [0.25, 0.3) is 0 Å². The molecule has 76 valence electrons. The molecule has 14 heavy (non-hydrogen) atoms. The van der Waals surface area contributed by atoms with Crippen molar-refractivity contribution in [3.05, 3.63) is 48.4 Å². The van der Waals surface area contributed by atoms with Crippen molar-refractivity contribution in [3.63, 3.8) is 0 Å². The van der Waals surface area contributed by atoms with Gasteiger partial charge in [-0.1, -0.05) is 38.7 Å². The minimum Gasteiger partial charge on any atom is -0.356 e. The zero-order valence-corrected chi connectivity index (χ0v) is 9.14. The molecule has 0 spiro atoms. The SMILES string of the molecule is C=CC(=C)NC1=CCCC(C(C)C)=C1. The first-order chi connectivity index (χ1) is 6.63. The Balaban J connectivity index is 2.67. The second-order valence-corrected chi connectivity index (χ2v) is 3.93. The van der Waals surface area contributed by atoms with Crippen LogP contribution in [-0.4, -0.2) is 0 Å². The van der Waals surface area contributed by atoms with Crippen LogP contribution < -0.4 is 5.32 Å². The first kappa shape index (κ1) is 10.8. The van der Waals surface area contributed by atoms with Gasteiger partial charge in [0, 0.05) is 11.4 Å². The molecule has 0 heterocycles. The van der Waals surface area contributed by atoms with E-state index in [0.717, 1.165) is 17.8 Å². The molecule has 0 atom stereocenters. The summed E-state index contributed by atoms with van der Waals surface area (Å²) in [5.74, 6) is 0.637. The van der Waals surface area contributed by atoms with E-state index in [4.69, 9.17) is 0 Å². The monoisotopic (exact) mass is 189 g/mol. The summed E-state index contributed by atoms with van der Waals surface area (Å²) in [5, 5.41) is 3.23. The van der Waals surface area contributed by atoms with Crippen molar-refractivity contribution in [2.24, 2.45) is 5.92 Å². The lowest BCUT2D eigenvalue weighted by Gasteiger charge is -2.17.